The van der Waals surface area contributed by atoms with Gasteiger partial charge in [-0.05, 0) is 41.5 Å². The highest BCUT2D eigenvalue weighted by Gasteiger charge is 2.35. The topological polar surface area (TPSA) is 3.24 Å². The molecule has 19 heavy (non-hydrogen) atoms. The zero-order valence-electron chi connectivity index (χ0n) is 11.3. The minimum absolute atomic E-state index is 0.569. The van der Waals surface area contributed by atoms with Gasteiger partial charge in [0, 0.05) is 12.2 Å². The number of benzene rings is 2. The van der Waals surface area contributed by atoms with E-state index in [0.717, 1.165) is 6.54 Å². The van der Waals surface area contributed by atoms with E-state index < -0.39 is 0 Å². The van der Waals surface area contributed by atoms with Crippen LogP contribution in [0.5, 0.6) is 0 Å². The summed E-state index contributed by atoms with van der Waals surface area (Å²) in [5, 5.41) is 0. The summed E-state index contributed by atoms with van der Waals surface area (Å²) in [6.07, 6.45) is 2.37. The Morgan fingerprint density at radius 1 is 0.947 bits per heavy atom. The van der Waals surface area contributed by atoms with Crippen LogP contribution >= 0.6 is 0 Å². The Morgan fingerprint density at radius 3 is 2.58 bits per heavy atom. The lowest BCUT2D eigenvalue weighted by atomic mass is 9.79. The first-order valence-corrected chi connectivity index (χ1v) is 7.27. The maximum absolute atomic E-state index is 2.63. The van der Waals surface area contributed by atoms with Crippen LogP contribution in [0.4, 0.5) is 5.69 Å². The fourth-order valence-electron chi connectivity index (χ4n) is 3.90. The van der Waals surface area contributed by atoms with Crippen LogP contribution in [0.3, 0.4) is 0 Å². The Balaban J connectivity index is 1.87. The van der Waals surface area contributed by atoms with Gasteiger partial charge in [-0.2, -0.15) is 0 Å². The second kappa shape index (κ2) is 4.12. The van der Waals surface area contributed by atoms with E-state index in [2.05, 4.69) is 60.4 Å². The maximum Gasteiger partial charge on any atom is 0.0574 e. The highest BCUT2D eigenvalue weighted by atomic mass is 15.2. The molecule has 2 heterocycles. The number of para-hydroxylation sites is 1. The molecular formula is C18H19N. The highest BCUT2D eigenvalue weighted by Crippen LogP contribution is 2.44. The van der Waals surface area contributed by atoms with Crippen molar-refractivity contribution in [2.75, 3.05) is 11.4 Å². The molecule has 0 saturated carbocycles. The van der Waals surface area contributed by atoms with Gasteiger partial charge < -0.3 is 4.90 Å². The lowest BCUT2D eigenvalue weighted by molar-refractivity contribution is 0.398. The number of fused-ring (bicyclic) bond motifs is 5. The third kappa shape index (κ3) is 1.61. The molecule has 2 atom stereocenters. The van der Waals surface area contributed by atoms with Gasteiger partial charge in [-0.25, -0.2) is 0 Å². The van der Waals surface area contributed by atoms with Crippen molar-refractivity contribution in [3.63, 3.8) is 0 Å². The number of anilines is 1. The number of hydrogen-bond acceptors (Lipinski definition) is 1. The maximum atomic E-state index is 2.63. The summed E-state index contributed by atoms with van der Waals surface area (Å²) in [7, 11) is 0. The molecule has 0 fully saturated rings. The Labute approximate surface area is 114 Å². The van der Waals surface area contributed by atoms with E-state index >= 15 is 0 Å². The van der Waals surface area contributed by atoms with Gasteiger partial charge >= 0.3 is 0 Å². The molecule has 0 N–H and O–H groups in total. The predicted molar refractivity (Wildman–Crippen MR) is 79.5 cm³/mol. The fourth-order valence-corrected chi connectivity index (χ4v) is 3.90. The Bertz CT molecular complexity index is 617. The zero-order valence-corrected chi connectivity index (χ0v) is 11.3. The van der Waals surface area contributed by atoms with Crippen LogP contribution in [0.25, 0.3) is 0 Å². The monoisotopic (exact) mass is 249 g/mol. The molecule has 1 heteroatoms. The van der Waals surface area contributed by atoms with Crippen LogP contribution in [-0.4, -0.2) is 6.54 Å². The second-order valence-electron chi connectivity index (χ2n) is 5.90. The van der Waals surface area contributed by atoms with Crippen molar-refractivity contribution >= 4 is 5.69 Å². The molecule has 0 amide bonds. The molecule has 1 nitrogen and oxygen atoms in total. The lowest BCUT2D eigenvalue weighted by Crippen LogP contribution is -2.42. The summed E-state index contributed by atoms with van der Waals surface area (Å²) in [6.45, 7) is 3.55. The summed E-state index contributed by atoms with van der Waals surface area (Å²) >= 11 is 0. The normalized spacial score (nSPS) is 24.4. The van der Waals surface area contributed by atoms with Gasteiger partial charge in [0.2, 0.25) is 0 Å². The van der Waals surface area contributed by atoms with E-state index in [0.29, 0.717) is 12.0 Å². The van der Waals surface area contributed by atoms with Gasteiger partial charge in [-0.3, -0.25) is 0 Å². The molecule has 0 aromatic heterocycles. The van der Waals surface area contributed by atoms with Crippen LogP contribution in [0.2, 0.25) is 0 Å². The minimum Gasteiger partial charge on any atom is -0.364 e. The average molecular weight is 249 g/mol. The molecule has 96 valence electrons. The van der Waals surface area contributed by atoms with Crippen molar-refractivity contribution in [3.8, 4) is 0 Å². The van der Waals surface area contributed by atoms with Gasteiger partial charge in [0.05, 0.1) is 6.04 Å². The molecule has 0 radical (unpaired) electrons. The highest BCUT2D eigenvalue weighted by molar-refractivity contribution is 5.60. The van der Waals surface area contributed by atoms with Crippen molar-refractivity contribution in [1.29, 1.82) is 0 Å². The first-order chi connectivity index (χ1) is 9.34. The van der Waals surface area contributed by atoms with Crippen molar-refractivity contribution in [1.82, 2.24) is 0 Å². The van der Waals surface area contributed by atoms with E-state index in [4.69, 9.17) is 0 Å². The minimum atomic E-state index is 0.569. The van der Waals surface area contributed by atoms with E-state index in [9.17, 15) is 0 Å². The quantitative estimate of drug-likeness (QED) is 0.682. The third-order valence-electron chi connectivity index (χ3n) is 4.71. The summed E-state index contributed by atoms with van der Waals surface area (Å²) in [6, 6.07) is 18.5. The lowest BCUT2D eigenvalue weighted by Gasteiger charge is -2.46. The van der Waals surface area contributed by atoms with Crippen molar-refractivity contribution in [2.24, 2.45) is 5.92 Å². The van der Waals surface area contributed by atoms with Gasteiger partial charge in [0.25, 0.3) is 0 Å². The largest absolute Gasteiger partial charge is 0.364 e. The second-order valence-corrected chi connectivity index (χ2v) is 5.90. The molecule has 2 unspecified atom stereocenters. The first-order valence-electron chi connectivity index (χ1n) is 7.27. The zero-order chi connectivity index (χ0) is 12.8. The van der Waals surface area contributed by atoms with Crippen molar-refractivity contribution in [2.45, 2.75) is 25.8 Å². The van der Waals surface area contributed by atoms with Gasteiger partial charge in [-0.15, -0.1) is 0 Å². The summed E-state index contributed by atoms with van der Waals surface area (Å²) in [5.41, 5.74) is 6.08. The third-order valence-corrected chi connectivity index (χ3v) is 4.71. The summed E-state index contributed by atoms with van der Waals surface area (Å²) in [4.78, 5) is 2.63. The van der Waals surface area contributed by atoms with E-state index in [-0.39, 0.29) is 0 Å². The average Bonchev–Trinajstić information content (AvgIpc) is 2.46. The van der Waals surface area contributed by atoms with E-state index in [1.807, 2.05) is 0 Å². The SMILES string of the molecule is CC1Cc2ccccc2N2CCc3ccccc3C12. The van der Waals surface area contributed by atoms with Crippen molar-refractivity contribution < 1.29 is 0 Å². The smallest absolute Gasteiger partial charge is 0.0574 e. The Morgan fingerprint density at radius 2 is 1.68 bits per heavy atom. The molecule has 2 aromatic rings. The standard InChI is InChI=1S/C18H19N/c1-13-12-15-7-3-5-9-17(15)19-11-10-14-6-2-4-8-16(14)18(13)19/h2-9,13,18H,10-12H2,1H3. The molecular weight excluding hydrogens is 230 g/mol. The molecule has 0 spiro atoms. The van der Waals surface area contributed by atoms with E-state index in [1.165, 1.54) is 24.1 Å². The van der Waals surface area contributed by atoms with Gasteiger partial charge in [0.1, 0.15) is 0 Å². The van der Waals surface area contributed by atoms with Crippen LogP contribution in [0.1, 0.15) is 29.7 Å². The van der Waals surface area contributed by atoms with Crippen LogP contribution < -0.4 is 4.90 Å². The molecule has 4 rings (SSSR count). The molecule has 0 saturated heterocycles. The summed E-state index contributed by atoms with van der Waals surface area (Å²) in [5.74, 6) is 0.691. The van der Waals surface area contributed by atoms with Crippen molar-refractivity contribution in [3.05, 3.63) is 65.2 Å². The van der Waals surface area contributed by atoms with E-state index in [1.54, 1.807) is 11.1 Å². The summed E-state index contributed by atoms with van der Waals surface area (Å²) < 4.78 is 0. The first kappa shape index (κ1) is 11.1. The van der Waals surface area contributed by atoms with Gasteiger partial charge in [-0.1, -0.05) is 49.4 Å². The molecule has 2 aromatic carbocycles. The molecule has 0 bridgehead atoms. The predicted octanol–water partition coefficient (Wildman–Crippen LogP) is 3.98. The van der Waals surface area contributed by atoms with Crippen LogP contribution in [0.15, 0.2) is 48.5 Å². The Kier molecular flexibility index (Phi) is 2.41. The molecule has 2 aliphatic heterocycles. The Hall–Kier alpha value is -1.76. The van der Waals surface area contributed by atoms with Crippen LogP contribution in [-0.2, 0) is 12.8 Å². The number of hydrogen-bond donors (Lipinski definition) is 0. The number of rotatable bonds is 0. The number of nitrogens with zero attached hydrogens (tertiary/aromatic N) is 1. The molecule has 2 aliphatic rings. The van der Waals surface area contributed by atoms with Gasteiger partial charge in [0.15, 0.2) is 0 Å². The van der Waals surface area contributed by atoms with Crippen LogP contribution in [0, 0.1) is 5.92 Å². The fraction of sp³-hybridized carbons (Fsp3) is 0.333. The molecule has 0 aliphatic carbocycles.